The van der Waals surface area contributed by atoms with Crippen molar-refractivity contribution in [2.75, 3.05) is 7.11 Å². The quantitative estimate of drug-likeness (QED) is 0.759. The molecule has 0 bridgehead atoms. The molecule has 0 fully saturated rings. The molecule has 3 nitrogen and oxygen atoms in total. The van der Waals surface area contributed by atoms with E-state index >= 15 is 0 Å². The van der Waals surface area contributed by atoms with Gasteiger partial charge in [0.1, 0.15) is 0 Å². The molecule has 3 aromatic rings. The molecular weight excluding hydrogens is 224 g/mol. The summed E-state index contributed by atoms with van der Waals surface area (Å²) in [5.74, 6) is 0. The molecule has 2 heterocycles. The summed E-state index contributed by atoms with van der Waals surface area (Å²) in [5, 5.41) is 1.12. The highest BCUT2D eigenvalue weighted by molar-refractivity contribution is 5.85. The fraction of sp³-hybridized carbons (Fsp3) is 0.133. The van der Waals surface area contributed by atoms with Gasteiger partial charge in [-0.2, -0.15) is 0 Å². The summed E-state index contributed by atoms with van der Waals surface area (Å²) in [6, 6.07) is 12.4. The van der Waals surface area contributed by atoms with E-state index in [0.717, 1.165) is 16.6 Å². The summed E-state index contributed by atoms with van der Waals surface area (Å²) in [5.41, 5.74) is 4.56. The van der Waals surface area contributed by atoms with E-state index in [0.29, 0.717) is 6.61 Å². The maximum absolute atomic E-state index is 5.24. The third-order valence-corrected chi connectivity index (χ3v) is 3.03. The van der Waals surface area contributed by atoms with Crippen molar-refractivity contribution in [2.24, 2.45) is 0 Å². The zero-order valence-electron chi connectivity index (χ0n) is 10.2. The van der Waals surface area contributed by atoms with E-state index in [1.807, 2.05) is 24.4 Å². The lowest BCUT2D eigenvalue weighted by atomic mass is 10.1. The number of pyridine rings is 1. The predicted molar refractivity (Wildman–Crippen MR) is 72.2 cm³/mol. The average Bonchev–Trinajstić information content (AvgIpc) is 2.83. The van der Waals surface area contributed by atoms with Gasteiger partial charge in [0.15, 0.2) is 0 Å². The number of rotatable bonds is 3. The standard InChI is InChI=1S/C15H14N2O/c1-18-10-11-4-2-3-5-13(11)15-8-12-9-16-7-6-14(12)17-15/h2-9,17H,10H2,1H3. The number of hydrogen-bond donors (Lipinski definition) is 1. The molecule has 1 N–H and O–H groups in total. The lowest BCUT2D eigenvalue weighted by molar-refractivity contribution is 0.185. The average molecular weight is 238 g/mol. The zero-order chi connectivity index (χ0) is 12.4. The minimum Gasteiger partial charge on any atom is -0.380 e. The number of hydrogen-bond acceptors (Lipinski definition) is 2. The summed E-state index contributed by atoms with van der Waals surface area (Å²) >= 11 is 0. The lowest BCUT2D eigenvalue weighted by Gasteiger charge is -2.06. The van der Waals surface area contributed by atoms with Crippen LogP contribution < -0.4 is 0 Å². The molecule has 0 unspecified atom stereocenters. The Morgan fingerprint density at radius 1 is 1.22 bits per heavy atom. The summed E-state index contributed by atoms with van der Waals surface area (Å²) in [6.07, 6.45) is 3.66. The Bertz CT molecular complexity index is 640. The van der Waals surface area contributed by atoms with Crippen LogP contribution in [0.5, 0.6) is 0 Å². The van der Waals surface area contributed by atoms with Crippen molar-refractivity contribution in [3.05, 3.63) is 54.4 Å². The highest BCUT2D eigenvalue weighted by Crippen LogP contribution is 2.26. The molecule has 0 aliphatic carbocycles. The Balaban J connectivity index is 2.13. The summed E-state index contributed by atoms with van der Waals surface area (Å²) in [4.78, 5) is 7.55. The van der Waals surface area contributed by atoms with E-state index in [9.17, 15) is 0 Å². The number of fused-ring (bicyclic) bond motifs is 1. The first-order valence-electron chi connectivity index (χ1n) is 5.88. The number of nitrogens with one attached hydrogen (secondary N) is 1. The topological polar surface area (TPSA) is 37.9 Å². The van der Waals surface area contributed by atoms with Crippen LogP contribution >= 0.6 is 0 Å². The Kier molecular flexibility index (Phi) is 2.82. The molecule has 0 saturated heterocycles. The normalized spacial score (nSPS) is 10.9. The van der Waals surface area contributed by atoms with Crippen LogP contribution in [0.1, 0.15) is 5.56 Å². The van der Waals surface area contributed by atoms with Gasteiger partial charge in [-0.1, -0.05) is 24.3 Å². The number of methoxy groups -OCH3 is 1. The second-order valence-electron chi connectivity index (χ2n) is 4.24. The van der Waals surface area contributed by atoms with Gasteiger partial charge in [0, 0.05) is 41.7 Å². The van der Waals surface area contributed by atoms with E-state index in [2.05, 4.69) is 28.2 Å². The van der Waals surface area contributed by atoms with Crippen LogP contribution in [0.4, 0.5) is 0 Å². The fourth-order valence-electron chi connectivity index (χ4n) is 2.18. The number of nitrogens with zero attached hydrogens (tertiary/aromatic N) is 1. The number of H-pyrrole nitrogens is 1. The predicted octanol–water partition coefficient (Wildman–Crippen LogP) is 3.38. The van der Waals surface area contributed by atoms with Crippen LogP contribution in [-0.4, -0.2) is 17.1 Å². The van der Waals surface area contributed by atoms with Crippen molar-refractivity contribution in [1.29, 1.82) is 0 Å². The monoisotopic (exact) mass is 238 g/mol. The molecule has 0 saturated carbocycles. The SMILES string of the molecule is COCc1ccccc1-c1cc2cnccc2[nH]1. The number of aromatic amines is 1. The third kappa shape index (κ3) is 1.89. The largest absolute Gasteiger partial charge is 0.380 e. The molecule has 0 aliphatic heterocycles. The van der Waals surface area contributed by atoms with Crippen molar-refractivity contribution >= 4 is 10.9 Å². The van der Waals surface area contributed by atoms with Gasteiger partial charge in [-0.15, -0.1) is 0 Å². The van der Waals surface area contributed by atoms with Gasteiger partial charge in [0.25, 0.3) is 0 Å². The molecular formula is C15H14N2O. The molecule has 18 heavy (non-hydrogen) atoms. The number of aromatic nitrogens is 2. The van der Waals surface area contributed by atoms with Crippen molar-refractivity contribution in [1.82, 2.24) is 9.97 Å². The first-order chi connectivity index (χ1) is 8.88. The second-order valence-corrected chi connectivity index (χ2v) is 4.24. The van der Waals surface area contributed by atoms with Crippen molar-refractivity contribution in [3.63, 3.8) is 0 Å². The molecule has 2 aromatic heterocycles. The van der Waals surface area contributed by atoms with E-state index in [1.54, 1.807) is 13.3 Å². The van der Waals surface area contributed by atoms with Gasteiger partial charge in [-0.3, -0.25) is 4.98 Å². The van der Waals surface area contributed by atoms with Gasteiger partial charge in [-0.25, -0.2) is 0 Å². The molecule has 0 amide bonds. The molecule has 1 aromatic carbocycles. The second kappa shape index (κ2) is 4.63. The Morgan fingerprint density at radius 3 is 2.94 bits per heavy atom. The summed E-state index contributed by atoms with van der Waals surface area (Å²) < 4.78 is 5.24. The number of ether oxygens (including phenoxy) is 1. The molecule has 0 atom stereocenters. The maximum Gasteiger partial charge on any atom is 0.0719 e. The van der Waals surface area contributed by atoms with Crippen molar-refractivity contribution in [2.45, 2.75) is 6.61 Å². The lowest BCUT2D eigenvalue weighted by Crippen LogP contribution is -1.91. The van der Waals surface area contributed by atoms with Crippen LogP contribution in [-0.2, 0) is 11.3 Å². The first-order valence-corrected chi connectivity index (χ1v) is 5.88. The smallest absolute Gasteiger partial charge is 0.0719 e. The van der Waals surface area contributed by atoms with Gasteiger partial charge in [0.2, 0.25) is 0 Å². The minimum atomic E-state index is 0.615. The molecule has 0 spiro atoms. The van der Waals surface area contributed by atoms with Crippen molar-refractivity contribution in [3.8, 4) is 11.3 Å². The van der Waals surface area contributed by atoms with E-state index in [4.69, 9.17) is 4.74 Å². The van der Waals surface area contributed by atoms with Gasteiger partial charge >= 0.3 is 0 Å². The third-order valence-electron chi connectivity index (χ3n) is 3.03. The van der Waals surface area contributed by atoms with Crippen LogP contribution in [0.3, 0.4) is 0 Å². The summed E-state index contributed by atoms with van der Waals surface area (Å²) in [6.45, 7) is 0.615. The first kappa shape index (κ1) is 11.0. The van der Waals surface area contributed by atoms with Crippen LogP contribution in [0.25, 0.3) is 22.2 Å². The highest BCUT2D eigenvalue weighted by atomic mass is 16.5. The highest BCUT2D eigenvalue weighted by Gasteiger charge is 2.07. The minimum absolute atomic E-state index is 0.615. The maximum atomic E-state index is 5.24. The van der Waals surface area contributed by atoms with Crippen LogP contribution in [0, 0.1) is 0 Å². The zero-order valence-corrected chi connectivity index (χ0v) is 10.2. The van der Waals surface area contributed by atoms with Crippen LogP contribution in [0.2, 0.25) is 0 Å². The van der Waals surface area contributed by atoms with Gasteiger partial charge in [-0.05, 0) is 17.7 Å². The van der Waals surface area contributed by atoms with Gasteiger partial charge in [0.05, 0.1) is 6.61 Å². The molecule has 90 valence electrons. The van der Waals surface area contributed by atoms with Crippen LogP contribution in [0.15, 0.2) is 48.8 Å². The number of benzene rings is 1. The van der Waals surface area contributed by atoms with E-state index in [-0.39, 0.29) is 0 Å². The van der Waals surface area contributed by atoms with Gasteiger partial charge < -0.3 is 9.72 Å². The Hall–Kier alpha value is -2.13. The van der Waals surface area contributed by atoms with Crippen molar-refractivity contribution < 1.29 is 4.74 Å². The fourth-order valence-corrected chi connectivity index (χ4v) is 2.18. The molecule has 3 rings (SSSR count). The molecule has 0 radical (unpaired) electrons. The molecule has 0 aliphatic rings. The Morgan fingerprint density at radius 2 is 2.11 bits per heavy atom. The molecule has 3 heteroatoms. The van der Waals surface area contributed by atoms with E-state index < -0.39 is 0 Å². The van der Waals surface area contributed by atoms with E-state index in [1.165, 1.54) is 11.1 Å². The Labute approximate surface area is 105 Å². The summed E-state index contributed by atoms with van der Waals surface area (Å²) in [7, 11) is 1.71.